The minimum atomic E-state index is -0.132. The number of nitrogens with zero attached hydrogens (tertiary/aromatic N) is 1. The third-order valence-corrected chi connectivity index (χ3v) is 3.99. The van der Waals surface area contributed by atoms with Crippen LogP contribution in [-0.4, -0.2) is 42.0 Å². The van der Waals surface area contributed by atoms with E-state index in [-0.39, 0.29) is 18.1 Å². The maximum Gasteiger partial charge on any atom is 0.255 e. The van der Waals surface area contributed by atoms with Crippen LogP contribution in [-0.2, 0) is 4.74 Å². The zero-order valence-electron chi connectivity index (χ0n) is 10.4. The van der Waals surface area contributed by atoms with E-state index in [1.54, 1.807) is 23.1 Å². The Hall–Kier alpha value is -0.480. The van der Waals surface area contributed by atoms with Crippen molar-refractivity contribution in [2.24, 2.45) is 0 Å². The Bertz CT molecular complexity index is 481. The van der Waals surface area contributed by atoms with Crippen LogP contribution in [0.1, 0.15) is 17.3 Å². The molecule has 1 fully saturated rings. The van der Waals surface area contributed by atoms with Crippen molar-refractivity contribution < 1.29 is 9.53 Å². The predicted octanol–water partition coefficient (Wildman–Crippen LogP) is 3.46. The summed E-state index contributed by atoms with van der Waals surface area (Å²) >= 11 is 17.7. The van der Waals surface area contributed by atoms with Gasteiger partial charge < -0.3 is 9.64 Å². The Labute approximate surface area is 127 Å². The maximum atomic E-state index is 12.5. The van der Waals surface area contributed by atoms with Crippen molar-refractivity contribution in [3.63, 3.8) is 0 Å². The molecule has 0 aliphatic carbocycles. The highest BCUT2D eigenvalue weighted by Gasteiger charge is 2.30. The van der Waals surface area contributed by atoms with Crippen LogP contribution in [0.4, 0.5) is 0 Å². The molecular weight excluding hydrogens is 309 g/mol. The quantitative estimate of drug-likeness (QED) is 0.780. The number of hydrogen-bond acceptors (Lipinski definition) is 2. The number of halogens is 3. The molecule has 1 amide bonds. The largest absolute Gasteiger partial charge is 0.373 e. The molecule has 2 unspecified atom stereocenters. The fraction of sp³-hybridized carbons (Fsp3) is 0.462. The van der Waals surface area contributed by atoms with E-state index in [1.165, 1.54) is 0 Å². The molecule has 0 spiro atoms. The molecule has 6 heteroatoms. The second-order valence-corrected chi connectivity index (χ2v) is 5.69. The van der Waals surface area contributed by atoms with Crippen molar-refractivity contribution in [3.8, 4) is 0 Å². The highest BCUT2D eigenvalue weighted by Crippen LogP contribution is 2.24. The van der Waals surface area contributed by atoms with E-state index in [4.69, 9.17) is 39.5 Å². The number of carbonyl (C=O) groups excluding carboxylic acids is 1. The molecule has 1 heterocycles. The second-order valence-electron chi connectivity index (χ2n) is 4.54. The average Bonchev–Trinajstić information content (AvgIpc) is 2.38. The standard InChI is InChI=1S/C13H14Cl3NO2/c1-8-7-19-10(5-14)6-17(8)13(18)11-3-2-9(15)4-12(11)16/h2-4,8,10H,5-7H2,1H3. The van der Waals surface area contributed by atoms with E-state index < -0.39 is 0 Å². The Morgan fingerprint density at radius 2 is 2.21 bits per heavy atom. The zero-order chi connectivity index (χ0) is 14.0. The maximum absolute atomic E-state index is 12.5. The lowest BCUT2D eigenvalue weighted by Crippen LogP contribution is -2.51. The van der Waals surface area contributed by atoms with E-state index in [0.29, 0.717) is 34.6 Å². The molecule has 1 aromatic rings. The smallest absolute Gasteiger partial charge is 0.255 e. The second kappa shape index (κ2) is 6.31. The number of benzene rings is 1. The van der Waals surface area contributed by atoms with Crippen molar-refractivity contribution in [2.75, 3.05) is 19.0 Å². The van der Waals surface area contributed by atoms with E-state index >= 15 is 0 Å². The van der Waals surface area contributed by atoms with Crippen molar-refractivity contribution in [1.82, 2.24) is 4.90 Å². The number of carbonyl (C=O) groups is 1. The van der Waals surface area contributed by atoms with Gasteiger partial charge in [-0.15, -0.1) is 11.6 Å². The van der Waals surface area contributed by atoms with Crippen LogP contribution in [0.2, 0.25) is 10.0 Å². The third kappa shape index (κ3) is 3.34. The first-order chi connectivity index (χ1) is 9.02. The lowest BCUT2D eigenvalue weighted by Gasteiger charge is -2.37. The fourth-order valence-electron chi connectivity index (χ4n) is 2.01. The van der Waals surface area contributed by atoms with Gasteiger partial charge >= 0.3 is 0 Å². The van der Waals surface area contributed by atoms with E-state index in [0.717, 1.165) is 0 Å². The molecule has 1 saturated heterocycles. The molecule has 0 radical (unpaired) electrons. The molecule has 0 aromatic heterocycles. The first-order valence-electron chi connectivity index (χ1n) is 5.96. The Balaban J connectivity index is 2.22. The number of morpholine rings is 1. The Morgan fingerprint density at radius 1 is 1.47 bits per heavy atom. The molecule has 0 N–H and O–H groups in total. The van der Waals surface area contributed by atoms with Crippen LogP contribution in [0.15, 0.2) is 18.2 Å². The fourth-order valence-corrected chi connectivity index (χ4v) is 2.69. The predicted molar refractivity (Wildman–Crippen MR) is 77.4 cm³/mol. The van der Waals surface area contributed by atoms with Crippen LogP contribution in [0.3, 0.4) is 0 Å². The third-order valence-electron chi connectivity index (χ3n) is 3.10. The molecule has 19 heavy (non-hydrogen) atoms. The molecular formula is C13H14Cl3NO2. The summed E-state index contributed by atoms with van der Waals surface area (Å²) in [6.07, 6.45) is -0.132. The normalized spacial score (nSPS) is 23.5. The van der Waals surface area contributed by atoms with Gasteiger partial charge in [-0.2, -0.15) is 0 Å². The topological polar surface area (TPSA) is 29.5 Å². The van der Waals surface area contributed by atoms with Gasteiger partial charge in [0.2, 0.25) is 0 Å². The summed E-state index contributed by atoms with van der Waals surface area (Å²) in [5.41, 5.74) is 0.452. The van der Waals surface area contributed by atoms with E-state index in [2.05, 4.69) is 0 Å². The highest BCUT2D eigenvalue weighted by atomic mass is 35.5. The molecule has 1 aliphatic rings. The van der Waals surface area contributed by atoms with E-state index in [1.807, 2.05) is 6.92 Å². The molecule has 3 nitrogen and oxygen atoms in total. The molecule has 1 aromatic carbocycles. The van der Waals surface area contributed by atoms with Crippen LogP contribution >= 0.6 is 34.8 Å². The first-order valence-corrected chi connectivity index (χ1v) is 7.25. The number of alkyl halides is 1. The molecule has 2 rings (SSSR count). The van der Waals surface area contributed by atoms with Crippen LogP contribution in [0.5, 0.6) is 0 Å². The van der Waals surface area contributed by atoms with Gasteiger partial charge in [0, 0.05) is 11.6 Å². The number of ether oxygens (including phenoxy) is 1. The van der Waals surface area contributed by atoms with Gasteiger partial charge in [0.1, 0.15) is 0 Å². The van der Waals surface area contributed by atoms with Gasteiger partial charge in [0.15, 0.2) is 0 Å². The SMILES string of the molecule is CC1COC(CCl)CN1C(=O)c1ccc(Cl)cc1Cl. The Kier molecular flexibility index (Phi) is 4.96. The molecule has 0 saturated carbocycles. The summed E-state index contributed by atoms with van der Waals surface area (Å²) in [6, 6.07) is 4.87. The van der Waals surface area contributed by atoms with Gasteiger partial charge in [-0.3, -0.25) is 4.79 Å². The summed E-state index contributed by atoms with van der Waals surface area (Å²) in [5, 5.41) is 0.869. The summed E-state index contributed by atoms with van der Waals surface area (Å²) in [7, 11) is 0. The van der Waals surface area contributed by atoms with Crippen molar-refractivity contribution in [1.29, 1.82) is 0 Å². The van der Waals surface area contributed by atoms with Gasteiger partial charge in [-0.05, 0) is 25.1 Å². The number of hydrogen-bond donors (Lipinski definition) is 0. The summed E-state index contributed by atoms with van der Waals surface area (Å²) < 4.78 is 5.53. The van der Waals surface area contributed by atoms with Crippen molar-refractivity contribution in [2.45, 2.75) is 19.1 Å². The lowest BCUT2D eigenvalue weighted by atomic mass is 10.1. The van der Waals surface area contributed by atoms with Gasteiger partial charge in [-0.25, -0.2) is 0 Å². The average molecular weight is 323 g/mol. The van der Waals surface area contributed by atoms with Crippen molar-refractivity contribution in [3.05, 3.63) is 33.8 Å². The van der Waals surface area contributed by atoms with Crippen LogP contribution < -0.4 is 0 Å². The van der Waals surface area contributed by atoms with Gasteiger partial charge in [-0.1, -0.05) is 23.2 Å². The first kappa shape index (κ1) is 14.9. The molecule has 0 bridgehead atoms. The molecule has 2 atom stereocenters. The lowest BCUT2D eigenvalue weighted by molar-refractivity contribution is -0.0371. The van der Waals surface area contributed by atoms with Crippen molar-refractivity contribution >= 4 is 40.7 Å². The Morgan fingerprint density at radius 3 is 2.84 bits per heavy atom. The van der Waals surface area contributed by atoms with E-state index in [9.17, 15) is 4.79 Å². The minimum Gasteiger partial charge on any atom is -0.373 e. The van der Waals surface area contributed by atoms with Gasteiger partial charge in [0.25, 0.3) is 5.91 Å². The zero-order valence-corrected chi connectivity index (χ0v) is 12.7. The number of rotatable bonds is 2. The minimum absolute atomic E-state index is 0.00119. The van der Waals surface area contributed by atoms with Crippen LogP contribution in [0.25, 0.3) is 0 Å². The monoisotopic (exact) mass is 321 g/mol. The summed E-state index contributed by atoms with van der Waals surface area (Å²) in [5.74, 6) is 0.248. The highest BCUT2D eigenvalue weighted by molar-refractivity contribution is 6.36. The number of amides is 1. The summed E-state index contributed by atoms with van der Waals surface area (Å²) in [4.78, 5) is 14.2. The molecule has 104 valence electrons. The van der Waals surface area contributed by atoms with Crippen LogP contribution in [0, 0.1) is 0 Å². The summed E-state index contributed by atoms with van der Waals surface area (Å²) in [6.45, 7) is 2.89. The van der Waals surface area contributed by atoms with Gasteiger partial charge in [0.05, 0.1) is 35.2 Å². The molecule has 1 aliphatic heterocycles.